The molecule has 0 aliphatic rings. The van der Waals surface area contributed by atoms with Gasteiger partial charge in [0.2, 0.25) is 0 Å². The maximum Gasteiger partial charge on any atom is 0.139 e. The second-order valence-electron chi connectivity index (χ2n) is 3.60. The Labute approximate surface area is 107 Å². The van der Waals surface area contributed by atoms with Crippen molar-refractivity contribution in [3.8, 4) is 5.75 Å². The van der Waals surface area contributed by atoms with E-state index in [1.165, 1.54) is 0 Å². The summed E-state index contributed by atoms with van der Waals surface area (Å²) in [5.74, 6) is 0.660. The predicted octanol–water partition coefficient (Wildman–Crippen LogP) is 3.89. The quantitative estimate of drug-likeness (QED) is 0.756. The summed E-state index contributed by atoms with van der Waals surface area (Å²) >= 11 is 11.9. The van der Waals surface area contributed by atoms with E-state index in [0.717, 1.165) is 32.2 Å². The molecule has 0 heterocycles. The Kier molecular flexibility index (Phi) is 6.62. The Balaban J connectivity index is 2.24. The molecule has 90 valence electrons. The lowest BCUT2D eigenvalue weighted by Crippen LogP contribution is -2.00. The Hall–Kier alpha value is -0.440. The van der Waals surface area contributed by atoms with Gasteiger partial charge in [-0.25, -0.2) is 0 Å². The molecule has 0 radical (unpaired) electrons. The first-order valence-corrected chi connectivity index (χ1v) is 6.28. The highest BCUT2D eigenvalue weighted by Crippen LogP contribution is 2.31. The van der Waals surface area contributed by atoms with E-state index in [9.17, 15) is 0 Å². The van der Waals surface area contributed by atoms with Gasteiger partial charge in [0.05, 0.1) is 11.6 Å². The number of nitrogens with two attached hydrogens (primary N) is 1. The summed E-state index contributed by atoms with van der Waals surface area (Å²) in [6.07, 6.45) is 4.39. The fourth-order valence-electron chi connectivity index (χ4n) is 1.38. The monoisotopic (exact) mass is 261 g/mol. The third-order valence-corrected chi connectivity index (χ3v) is 3.07. The molecule has 0 aliphatic heterocycles. The number of unbranched alkanes of at least 4 members (excludes halogenated alkanes) is 3. The highest BCUT2D eigenvalue weighted by molar-refractivity contribution is 6.42. The minimum atomic E-state index is 0.492. The molecule has 0 bridgehead atoms. The first-order valence-electron chi connectivity index (χ1n) is 5.52. The van der Waals surface area contributed by atoms with Gasteiger partial charge >= 0.3 is 0 Å². The topological polar surface area (TPSA) is 35.2 Å². The van der Waals surface area contributed by atoms with E-state index >= 15 is 0 Å². The van der Waals surface area contributed by atoms with Crippen LogP contribution < -0.4 is 10.5 Å². The summed E-state index contributed by atoms with van der Waals surface area (Å²) in [7, 11) is 0. The number of hydrogen-bond acceptors (Lipinski definition) is 2. The van der Waals surface area contributed by atoms with Crippen molar-refractivity contribution in [3.05, 3.63) is 28.2 Å². The lowest BCUT2D eigenvalue weighted by Gasteiger charge is -2.08. The van der Waals surface area contributed by atoms with Gasteiger partial charge in [0, 0.05) is 0 Å². The van der Waals surface area contributed by atoms with Gasteiger partial charge in [0.25, 0.3) is 0 Å². The van der Waals surface area contributed by atoms with E-state index in [-0.39, 0.29) is 0 Å². The van der Waals surface area contributed by atoms with Gasteiger partial charge in [-0.1, -0.05) is 42.1 Å². The van der Waals surface area contributed by atoms with Gasteiger partial charge in [-0.3, -0.25) is 0 Å². The average molecular weight is 262 g/mol. The zero-order valence-corrected chi connectivity index (χ0v) is 10.7. The van der Waals surface area contributed by atoms with E-state index in [4.69, 9.17) is 33.7 Å². The molecule has 0 aliphatic carbocycles. The molecule has 0 amide bonds. The van der Waals surface area contributed by atoms with Crippen LogP contribution >= 0.6 is 23.2 Å². The van der Waals surface area contributed by atoms with Crippen molar-refractivity contribution in [1.82, 2.24) is 0 Å². The van der Waals surface area contributed by atoms with Crippen LogP contribution in [0.2, 0.25) is 10.0 Å². The summed E-state index contributed by atoms with van der Waals surface area (Å²) in [4.78, 5) is 0. The van der Waals surface area contributed by atoms with Crippen LogP contribution in [0.15, 0.2) is 18.2 Å². The summed E-state index contributed by atoms with van der Waals surface area (Å²) in [5.41, 5.74) is 5.41. The molecular weight excluding hydrogens is 245 g/mol. The zero-order chi connectivity index (χ0) is 11.8. The number of rotatable bonds is 7. The van der Waals surface area contributed by atoms with Crippen LogP contribution in [0.4, 0.5) is 0 Å². The van der Waals surface area contributed by atoms with Gasteiger partial charge in [-0.05, 0) is 31.5 Å². The van der Waals surface area contributed by atoms with Gasteiger partial charge in [-0.2, -0.15) is 0 Å². The number of halogens is 2. The van der Waals surface area contributed by atoms with Crippen molar-refractivity contribution >= 4 is 23.2 Å². The van der Waals surface area contributed by atoms with Gasteiger partial charge in [0.1, 0.15) is 10.8 Å². The first-order chi connectivity index (χ1) is 7.75. The molecule has 0 fully saturated rings. The fourth-order valence-corrected chi connectivity index (χ4v) is 1.72. The predicted molar refractivity (Wildman–Crippen MR) is 69.5 cm³/mol. The SMILES string of the molecule is NCCCCCCOc1cccc(Cl)c1Cl. The van der Waals surface area contributed by atoms with E-state index < -0.39 is 0 Å². The minimum Gasteiger partial charge on any atom is -0.492 e. The second-order valence-corrected chi connectivity index (χ2v) is 4.39. The van der Waals surface area contributed by atoms with Crippen molar-refractivity contribution in [2.24, 2.45) is 5.73 Å². The van der Waals surface area contributed by atoms with Crippen LogP contribution in [0, 0.1) is 0 Å². The Morgan fingerprint density at radius 2 is 1.81 bits per heavy atom. The summed E-state index contributed by atoms with van der Waals surface area (Å²) < 4.78 is 5.55. The van der Waals surface area contributed by atoms with Gasteiger partial charge in [0.15, 0.2) is 0 Å². The number of hydrogen-bond donors (Lipinski definition) is 1. The molecule has 2 nitrogen and oxygen atoms in total. The highest BCUT2D eigenvalue weighted by Gasteiger charge is 2.04. The lowest BCUT2D eigenvalue weighted by atomic mass is 10.2. The third kappa shape index (κ3) is 4.60. The Bertz CT molecular complexity index is 318. The van der Waals surface area contributed by atoms with Gasteiger partial charge in [-0.15, -0.1) is 0 Å². The summed E-state index contributed by atoms with van der Waals surface area (Å²) in [6, 6.07) is 5.41. The van der Waals surface area contributed by atoms with Crippen LogP contribution in [0.1, 0.15) is 25.7 Å². The molecule has 2 N–H and O–H groups in total. The van der Waals surface area contributed by atoms with Crippen LogP contribution in [0.5, 0.6) is 5.75 Å². The van der Waals surface area contributed by atoms with Crippen LogP contribution in [-0.4, -0.2) is 13.2 Å². The molecule has 0 spiro atoms. The standard InChI is InChI=1S/C12H17Cl2NO/c13-10-6-5-7-11(12(10)14)16-9-4-2-1-3-8-15/h5-7H,1-4,8-9,15H2. The zero-order valence-electron chi connectivity index (χ0n) is 9.22. The highest BCUT2D eigenvalue weighted by atomic mass is 35.5. The van der Waals surface area contributed by atoms with E-state index in [2.05, 4.69) is 0 Å². The largest absolute Gasteiger partial charge is 0.492 e. The number of benzene rings is 1. The average Bonchev–Trinajstić information content (AvgIpc) is 2.29. The molecule has 0 unspecified atom stereocenters. The van der Waals surface area contributed by atoms with Crippen molar-refractivity contribution in [3.63, 3.8) is 0 Å². The smallest absolute Gasteiger partial charge is 0.139 e. The maximum atomic E-state index is 5.98. The summed E-state index contributed by atoms with van der Waals surface area (Å²) in [5, 5.41) is 1.02. The third-order valence-electron chi connectivity index (χ3n) is 2.27. The molecule has 1 rings (SSSR count). The van der Waals surface area contributed by atoms with Crippen molar-refractivity contribution < 1.29 is 4.74 Å². The Morgan fingerprint density at radius 3 is 2.56 bits per heavy atom. The molecule has 0 saturated heterocycles. The van der Waals surface area contributed by atoms with Crippen LogP contribution in [0.25, 0.3) is 0 Å². The molecular formula is C12H17Cl2NO. The van der Waals surface area contributed by atoms with Gasteiger partial charge < -0.3 is 10.5 Å². The van der Waals surface area contributed by atoms with Crippen LogP contribution in [0.3, 0.4) is 0 Å². The molecule has 1 aromatic carbocycles. The molecule has 4 heteroatoms. The number of ether oxygens (including phenoxy) is 1. The summed E-state index contributed by atoms with van der Waals surface area (Å²) in [6.45, 7) is 1.44. The molecule has 0 aromatic heterocycles. The van der Waals surface area contributed by atoms with Crippen molar-refractivity contribution in [2.75, 3.05) is 13.2 Å². The van der Waals surface area contributed by atoms with Crippen molar-refractivity contribution in [2.45, 2.75) is 25.7 Å². The van der Waals surface area contributed by atoms with E-state index in [0.29, 0.717) is 22.4 Å². The molecule has 0 saturated carbocycles. The van der Waals surface area contributed by atoms with E-state index in [1.54, 1.807) is 6.07 Å². The lowest BCUT2D eigenvalue weighted by molar-refractivity contribution is 0.305. The maximum absolute atomic E-state index is 5.98. The molecule has 1 aromatic rings. The molecule has 0 atom stereocenters. The minimum absolute atomic E-state index is 0.492. The normalized spacial score (nSPS) is 10.4. The van der Waals surface area contributed by atoms with Crippen LogP contribution in [-0.2, 0) is 0 Å². The molecule has 16 heavy (non-hydrogen) atoms. The fraction of sp³-hybridized carbons (Fsp3) is 0.500. The van der Waals surface area contributed by atoms with E-state index in [1.807, 2.05) is 12.1 Å². The second kappa shape index (κ2) is 7.77. The first kappa shape index (κ1) is 13.6. The Morgan fingerprint density at radius 1 is 1.06 bits per heavy atom. The van der Waals surface area contributed by atoms with Crippen molar-refractivity contribution in [1.29, 1.82) is 0 Å².